The van der Waals surface area contributed by atoms with Gasteiger partial charge in [-0.25, -0.2) is 15.0 Å². The molecule has 0 N–H and O–H groups in total. The van der Waals surface area contributed by atoms with Crippen molar-refractivity contribution in [1.82, 2.24) is 15.0 Å². The van der Waals surface area contributed by atoms with Gasteiger partial charge in [-0.1, -0.05) is 121 Å². The third-order valence-electron chi connectivity index (χ3n) is 12.1. The Morgan fingerprint density at radius 3 is 1.81 bits per heavy atom. The zero-order chi connectivity index (χ0) is 34.6. The summed E-state index contributed by atoms with van der Waals surface area (Å²) in [5.74, 6) is 4.71. The Morgan fingerprint density at radius 2 is 1.08 bits per heavy atom. The van der Waals surface area contributed by atoms with Gasteiger partial charge in [0.05, 0.1) is 11.6 Å². The molecule has 0 atom stereocenters. The summed E-state index contributed by atoms with van der Waals surface area (Å²) in [6.07, 6.45) is 8.49. The van der Waals surface area contributed by atoms with E-state index in [0.29, 0.717) is 28.5 Å². The number of nitriles is 1. The fraction of sp³-hybridized carbons (Fsp3) is 0.208. The molecule has 7 aromatic rings. The molecule has 1 heterocycles. The third-order valence-corrected chi connectivity index (χ3v) is 12.1. The second-order valence-electron chi connectivity index (χ2n) is 15.4. The van der Waals surface area contributed by atoms with Gasteiger partial charge in [0.2, 0.25) is 0 Å². The number of fused-ring (bicyclic) bond motifs is 1. The number of nitrogens with zero attached hydrogens (tertiary/aromatic N) is 4. The molecule has 4 nitrogen and oxygen atoms in total. The van der Waals surface area contributed by atoms with Crippen molar-refractivity contribution >= 4 is 10.8 Å². The molecule has 0 aliphatic heterocycles. The molecular formula is C48H38N4. The van der Waals surface area contributed by atoms with Crippen LogP contribution in [0.3, 0.4) is 0 Å². The monoisotopic (exact) mass is 670 g/mol. The fourth-order valence-electron chi connectivity index (χ4n) is 10.2. The molecule has 4 heteroatoms. The van der Waals surface area contributed by atoms with Crippen LogP contribution in [-0.4, -0.2) is 15.0 Å². The van der Waals surface area contributed by atoms with E-state index in [9.17, 15) is 5.26 Å². The molecule has 250 valence electrons. The lowest BCUT2D eigenvalue weighted by atomic mass is 9.48. The lowest BCUT2D eigenvalue weighted by Crippen LogP contribution is -2.48. The largest absolute Gasteiger partial charge is 0.208 e. The SMILES string of the molecule is N#Cc1ccc2c(-c3cccc(-c4nc(-c5ccccc5)nc(-c5ccccc5-c5ccc(C67C[C@H]8C[C@@H](C6)C[C@@H](C7)C8)cc5)n4)c3)cccc2c1. The molecule has 4 aliphatic carbocycles. The summed E-state index contributed by atoms with van der Waals surface area (Å²) < 4.78 is 0. The average Bonchev–Trinajstić information content (AvgIpc) is 3.20. The lowest BCUT2D eigenvalue weighted by molar-refractivity contribution is -0.00518. The van der Waals surface area contributed by atoms with E-state index in [1.165, 1.54) is 44.1 Å². The topological polar surface area (TPSA) is 62.5 Å². The Hall–Kier alpha value is -5.92. The second kappa shape index (κ2) is 12.4. The molecule has 0 unspecified atom stereocenters. The summed E-state index contributed by atoms with van der Waals surface area (Å²) in [4.78, 5) is 15.4. The normalized spacial score (nSPS) is 21.6. The highest BCUT2D eigenvalue weighted by atomic mass is 15.0. The van der Waals surface area contributed by atoms with Gasteiger partial charge < -0.3 is 0 Å². The molecule has 4 aliphatic rings. The second-order valence-corrected chi connectivity index (χ2v) is 15.4. The summed E-state index contributed by atoms with van der Waals surface area (Å²) in [5.41, 5.74) is 9.90. The first-order chi connectivity index (χ1) is 25.6. The molecule has 1 aromatic heterocycles. The van der Waals surface area contributed by atoms with Gasteiger partial charge >= 0.3 is 0 Å². The highest BCUT2D eigenvalue weighted by Crippen LogP contribution is 2.60. The van der Waals surface area contributed by atoms with Crippen molar-refractivity contribution in [1.29, 1.82) is 5.26 Å². The standard InChI is InChI=1S/C48H38N4/c49-30-31-16-21-43-37(25-31)11-7-15-42(43)38-10-6-12-39(26-38)46-50-45(36-8-2-1-3-9-36)51-47(52-46)44-14-5-4-13-41(44)35-17-19-40(20-18-35)48-27-32-22-33(28-48)24-34(23-32)29-48/h1-21,25-26,32-34H,22-24,27-29H2/t32-,33+,34-,48?. The van der Waals surface area contributed by atoms with E-state index in [1.807, 2.05) is 42.5 Å². The van der Waals surface area contributed by atoms with Gasteiger partial charge in [-0.15, -0.1) is 0 Å². The van der Waals surface area contributed by atoms with Crippen molar-refractivity contribution in [3.63, 3.8) is 0 Å². The van der Waals surface area contributed by atoms with E-state index < -0.39 is 0 Å². The molecular weight excluding hydrogens is 633 g/mol. The number of benzene rings is 6. The highest BCUT2D eigenvalue weighted by Gasteiger charge is 2.51. The van der Waals surface area contributed by atoms with E-state index in [1.54, 1.807) is 5.56 Å². The first-order valence-corrected chi connectivity index (χ1v) is 18.7. The maximum atomic E-state index is 9.47. The van der Waals surface area contributed by atoms with Gasteiger partial charge in [-0.3, -0.25) is 0 Å². The van der Waals surface area contributed by atoms with Gasteiger partial charge in [-0.2, -0.15) is 5.26 Å². The zero-order valence-electron chi connectivity index (χ0n) is 29.0. The Balaban J connectivity index is 1.06. The summed E-state index contributed by atoms with van der Waals surface area (Å²) in [7, 11) is 0. The highest BCUT2D eigenvalue weighted by molar-refractivity contribution is 5.97. The smallest absolute Gasteiger partial charge is 0.164 e. The minimum Gasteiger partial charge on any atom is -0.208 e. The number of rotatable bonds is 6. The molecule has 11 rings (SSSR count). The predicted octanol–water partition coefficient (Wildman–Crippen LogP) is 11.7. The molecule has 4 fully saturated rings. The predicted molar refractivity (Wildman–Crippen MR) is 209 cm³/mol. The maximum Gasteiger partial charge on any atom is 0.164 e. The number of hydrogen-bond donors (Lipinski definition) is 0. The minimum atomic E-state index is 0.376. The Morgan fingerprint density at radius 1 is 0.481 bits per heavy atom. The van der Waals surface area contributed by atoms with Crippen molar-refractivity contribution in [3.8, 4) is 62.5 Å². The van der Waals surface area contributed by atoms with Crippen LogP contribution in [0.5, 0.6) is 0 Å². The van der Waals surface area contributed by atoms with Crippen LogP contribution in [0.2, 0.25) is 0 Å². The Labute approximate surface area is 304 Å². The van der Waals surface area contributed by atoms with Crippen LogP contribution in [-0.2, 0) is 5.41 Å². The first-order valence-electron chi connectivity index (χ1n) is 18.7. The summed E-state index contributed by atoms with van der Waals surface area (Å²) in [6, 6.07) is 51.0. The quantitative estimate of drug-likeness (QED) is 0.177. The van der Waals surface area contributed by atoms with Gasteiger partial charge in [0.15, 0.2) is 17.5 Å². The number of aromatic nitrogens is 3. The molecule has 6 aromatic carbocycles. The van der Waals surface area contributed by atoms with Crippen LogP contribution >= 0.6 is 0 Å². The maximum absolute atomic E-state index is 9.47. The summed E-state index contributed by atoms with van der Waals surface area (Å²) >= 11 is 0. The zero-order valence-corrected chi connectivity index (χ0v) is 29.0. The van der Waals surface area contributed by atoms with Crippen LogP contribution < -0.4 is 0 Å². The van der Waals surface area contributed by atoms with Crippen LogP contribution in [0.25, 0.3) is 67.2 Å². The molecule has 0 saturated heterocycles. The lowest BCUT2D eigenvalue weighted by Gasteiger charge is -2.57. The van der Waals surface area contributed by atoms with Crippen LogP contribution in [0.15, 0.2) is 140 Å². The Kier molecular flexibility index (Phi) is 7.35. The van der Waals surface area contributed by atoms with E-state index >= 15 is 0 Å². The van der Waals surface area contributed by atoms with E-state index in [-0.39, 0.29) is 0 Å². The van der Waals surface area contributed by atoms with E-state index in [0.717, 1.165) is 61.9 Å². The summed E-state index contributed by atoms with van der Waals surface area (Å²) in [6.45, 7) is 0. The molecule has 0 radical (unpaired) electrons. The average molecular weight is 671 g/mol. The molecule has 0 spiro atoms. The van der Waals surface area contributed by atoms with Gasteiger partial charge in [0.25, 0.3) is 0 Å². The van der Waals surface area contributed by atoms with Crippen molar-refractivity contribution in [3.05, 3.63) is 151 Å². The summed E-state index contributed by atoms with van der Waals surface area (Å²) in [5, 5.41) is 11.6. The van der Waals surface area contributed by atoms with E-state index in [4.69, 9.17) is 15.0 Å². The third kappa shape index (κ3) is 5.40. The number of hydrogen-bond acceptors (Lipinski definition) is 4. The van der Waals surface area contributed by atoms with Gasteiger partial charge in [0, 0.05) is 16.7 Å². The molecule has 0 amide bonds. The van der Waals surface area contributed by atoms with E-state index in [2.05, 4.69) is 103 Å². The van der Waals surface area contributed by atoms with Crippen LogP contribution in [0.4, 0.5) is 0 Å². The molecule has 52 heavy (non-hydrogen) atoms. The minimum absolute atomic E-state index is 0.376. The first kappa shape index (κ1) is 30.9. The van der Waals surface area contributed by atoms with Gasteiger partial charge in [0.1, 0.15) is 0 Å². The van der Waals surface area contributed by atoms with Crippen molar-refractivity contribution in [2.75, 3.05) is 0 Å². The van der Waals surface area contributed by atoms with Crippen molar-refractivity contribution in [2.45, 2.75) is 43.9 Å². The van der Waals surface area contributed by atoms with Crippen molar-refractivity contribution in [2.24, 2.45) is 17.8 Å². The molecule has 4 bridgehead atoms. The fourth-order valence-corrected chi connectivity index (χ4v) is 10.2. The molecule has 4 saturated carbocycles. The Bertz CT molecular complexity index is 2480. The van der Waals surface area contributed by atoms with Gasteiger partial charge in [-0.05, 0) is 118 Å². The van der Waals surface area contributed by atoms with Crippen LogP contribution in [0, 0.1) is 29.1 Å². The van der Waals surface area contributed by atoms with Crippen molar-refractivity contribution < 1.29 is 0 Å². The van der Waals surface area contributed by atoms with Crippen LogP contribution in [0.1, 0.15) is 49.7 Å².